The molecule has 0 aliphatic carbocycles. The van der Waals surface area contributed by atoms with Gasteiger partial charge >= 0.3 is 5.91 Å². The molecule has 0 N–H and O–H groups in total. The van der Waals surface area contributed by atoms with E-state index in [2.05, 4.69) is 6.92 Å². The van der Waals surface area contributed by atoms with Crippen molar-refractivity contribution in [2.24, 2.45) is 0 Å². The second kappa shape index (κ2) is 2.64. The van der Waals surface area contributed by atoms with Crippen molar-refractivity contribution in [3.05, 3.63) is 6.92 Å². The van der Waals surface area contributed by atoms with Gasteiger partial charge in [-0.1, -0.05) is 0 Å². The number of ether oxygens (including phenoxy) is 1. The molecule has 0 atom stereocenters. The number of amides is 1. The molecule has 1 aliphatic heterocycles. The molecule has 0 saturated carbocycles. The van der Waals surface area contributed by atoms with Crippen molar-refractivity contribution in [3.63, 3.8) is 0 Å². The van der Waals surface area contributed by atoms with Crippen LogP contribution in [0.1, 0.15) is 0 Å². The number of hydrogen-bond donors (Lipinski definition) is 0. The van der Waals surface area contributed by atoms with Crippen LogP contribution < -0.4 is 0 Å². The van der Waals surface area contributed by atoms with Crippen LogP contribution in [0.15, 0.2) is 0 Å². The van der Waals surface area contributed by atoms with Crippen molar-refractivity contribution >= 4 is 12.1 Å². The Hall–Kier alpha value is -0.830. The fourth-order valence-electron chi connectivity index (χ4n) is 0.723. The molecule has 1 heterocycles. The Morgan fingerprint density at radius 2 is 2.56 bits per heavy atom. The summed E-state index contributed by atoms with van der Waals surface area (Å²) in [5, 5.41) is 0. The Kier molecular flexibility index (Phi) is 1.85. The lowest BCUT2D eigenvalue weighted by Gasteiger charge is -2.08. The van der Waals surface area contributed by atoms with Crippen molar-refractivity contribution in [2.75, 3.05) is 19.8 Å². The highest BCUT2D eigenvalue weighted by atomic mass is 16.5. The molecular formula is C6H9NO2. The first-order valence-electron chi connectivity index (χ1n) is 2.84. The van der Waals surface area contributed by atoms with E-state index in [1.54, 1.807) is 4.58 Å². The van der Waals surface area contributed by atoms with E-state index < -0.39 is 0 Å². The zero-order chi connectivity index (χ0) is 6.69. The van der Waals surface area contributed by atoms with Gasteiger partial charge in [-0.05, 0) is 0 Å². The Bertz CT molecular complexity index is 151. The van der Waals surface area contributed by atoms with Crippen LogP contribution in [0.3, 0.4) is 0 Å². The minimum absolute atomic E-state index is 0.00347. The molecular weight excluding hydrogens is 118 g/mol. The summed E-state index contributed by atoms with van der Waals surface area (Å²) in [5.41, 5.74) is 0. The van der Waals surface area contributed by atoms with E-state index in [0.717, 1.165) is 0 Å². The van der Waals surface area contributed by atoms with Crippen LogP contribution in [0.25, 0.3) is 0 Å². The van der Waals surface area contributed by atoms with Gasteiger partial charge in [-0.3, -0.25) is 0 Å². The summed E-state index contributed by atoms with van der Waals surface area (Å²) in [4.78, 5) is 10.8. The highest BCUT2D eigenvalue weighted by molar-refractivity contribution is 5.74. The largest absolute Gasteiger partial charge is 0.410 e. The van der Waals surface area contributed by atoms with Crippen molar-refractivity contribution in [2.45, 2.75) is 0 Å². The molecule has 3 heteroatoms. The van der Waals surface area contributed by atoms with Gasteiger partial charge in [0.15, 0.2) is 13.2 Å². The van der Waals surface area contributed by atoms with Crippen LogP contribution in [-0.4, -0.2) is 36.5 Å². The van der Waals surface area contributed by atoms with Gasteiger partial charge in [0.25, 0.3) is 0 Å². The molecule has 1 amide bonds. The highest BCUT2D eigenvalue weighted by Crippen LogP contribution is 1.89. The number of carbonyl (C=O) groups excluding carboxylic acids is 1. The zero-order valence-corrected chi connectivity index (χ0v) is 5.17. The molecule has 1 fully saturated rings. The zero-order valence-electron chi connectivity index (χ0n) is 5.17. The monoisotopic (exact) mass is 127 g/mol. The smallest absolute Gasteiger partial charge is 0.360 e. The van der Waals surface area contributed by atoms with Crippen molar-refractivity contribution in [3.8, 4) is 0 Å². The SMILES string of the molecule is [CH2-]/C=[N+]1\CCOCC1=O. The average molecular weight is 127 g/mol. The molecule has 3 nitrogen and oxygen atoms in total. The second-order valence-electron chi connectivity index (χ2n) is 1.82. The van der Waals surface area contributed by atoms with Gasteiger partial charge in [0.05, 0.1) is 0 Å². The van der Waals surface area contributed by atoms with Gasteiger partial charge in [0.2, 0.25) is 0 Å². The Morgan fingerprint density at radius 3 is 3.00 bits per heavy atom. The van der Waals surface area contributed by atoms with Gasteiger partial charge in [0.1, 0.15) is 6.61 Å². The molecule has 0 spiro atoms. The predicted molar refractivity (Wildman–Crippen MR) is 32.4 cm³/mol. The maximum atomic E-state index is 10.8. The molecule has 1 rings (SSSR count). The number of morpholine rings is 1. The van der Waals surface area contributed by atoms with Crippen LogP contribution in [0.4, 0.5) is 0 Å². The van der Waals surface area contributed by atoms with Gasteiger partial charge in [0, 0.05) is 6.21 Å². The molecule has 9 heavy (non-hydrogen) atoms. The van der Waals surface area contributed by atoms with E-state index in [1.165, 1.54) is 6.21 Å². The number of hydrogen-bond acceptors (Lipinski definition) is 2. The Labute approximate surface area is 53.9 Å². The maximum Gasteiger partial charge on any atom is 0.410 e. The maximum absolute atomic E-state index is 10.8. The lowest BCUT2D eigenvalue weighted by Crippen LogP contribution is -2.34. The van der Waals surface area contributed by atoms with Crippen LogP contribution >= 0.6 is 0 Å². The first-order chi connectivity index (χ1) is 4.34. The third-order valence-electron chi connectivity index (χ3n) is 1.24. The fourth-order valence-corrected chi connectivity index (χ4v) is 0.723. The number of nitrogens with zero attached hydrogens (tertiary/aromatic N) is 1. The van der Waals surface area contributed by atoms with E-state index >= 15 is 0 Å². The number of rotatable bonds is 0. The summed E-state index contributed by atoms with van der Waals surface area (Å²) < 4.78 is 6.43. The lowest BCUT2D eigenvalue weighted by molar-refractivity contribution is -0.463. The van der Waals surface area contributed by atoms with Crippen molar-refractivity contribution in [1.82, 2.24) is 0 Å². The summed E-state index contributed by atoms with van der Waals surface area (Å²) >= 11 is 0. The third-order valence-corrected chi connectivity index (χ3v) is 1.24. The Morgan fingerprint density at radius 1 is 1.78 bits per heavy atom. The minimum atomic E-state index is -0.00347. The Balaban J connectivity index is 2.60. The van der Waals surface area contributed by atoms with Crippen molar-refractivity contribution < 1.29 is 14.1 Å². The molecule has 0 aromatic rings. The van der Waals surface area contributed by atoms with E-state index in [0.29, 0.717) is 13.2 Å². The first kappa shape index (κ1) is 6.29. The van der Waals surface area contributed by atoms with Crippen LogP contribution in [-0.2, 0) is 9.53 Å². The number of carbonyl (C=O) groups is 1. The van der Waals surface area contributed by atoms with Crippen LogP contribution in [0.2, 0.25) is 0 Å². The summed E-state index contributed by atoms with van der Waals surface area (Å²) in [6, 6.07) is 0. The molecule has 50 valence electrons. The summed E-state index contributed by atoms with van der Waals surface area (Å²) in [7, 11) is 0. The normalized spacial score (nSPS) is 24.9. The average Bonchev–Trinajstić information content (AvgIpc) is 1.89. The molecule has 1 saturated heterocycles. The molecule has 1 aliphatic rings. The molecule has 0 radical (unpaired) electrons. The summed E-state index contributed by atoms with van der Waals surface area (Å²) in [6.07, 6.45) is 1.53. The van der Waals surface area contributed by atoms with Gasteiger partial charge in [-0.2, -0.15) is 4.58 Å². The van der Waals surface area contributed by atoms with E-state index in [-0.39, 0.29) is 12.5 Å². The van der Waals surface area contributed by atoms with Crippen LogP contribution in [0.5, 0.6) is 0 Å². The van der Waals surface area contributed by atoms with Gasteiger partial charge in [-0.25, -0.2) is 4.79 Å². The molecule has 0 unspecified atom stereocenters. The van der Waals surface area contributed by atoms with Crippen molar-refractivity contribution in [1.29, 1.82) is 0 Å². The molecule has 0 aromatic carbocycles. The van der Waals surface area contributed by atoms with E-state index in [1.807, 2.05) is 0 Å². The van der Waals surface area contributed by atoms with Crippen LogP contribution in [0, 0.1) is 6.92 Å². The minimum Gasteiger partial charge on any atom is -0.360 e. The lowest BCUT2D eigenvalue weighted by atomic mass is 10.5. The standard InChI is InChI=1S/C6H9NO2/c1-2-7-3-4-9-5-6(7)8/h2H,1,3-5H2/b7-2+. The quantitative estimate of drug-likeness (QED) is 0.323. The summed E-state index contributed by atoms with van der Waals surface area (Å²) in [6.45, 7) is 4.95. The highest BCUT2D eigenvalue weighted by Gasteiger charge is 2.19. The van der Waals surface area contributed by atoms with E-state index in [4.69, 9.17) is 4.74 Å². The fraction of sp³-hybridized carbons (Fsp3) is 0.500. The predicted octanol–water partition coefficient (Wildman–Crippen LogP) is -0.539. The van der Waals surface area contributed by atoms with Gasteiger partial charge in [-0.15, -0.1) is 0 Å². The molecule has 0 aromatic heterocycles. The van der Waals surface area contributed by atoms with E-state index in [9.17, 15) is 4.79 Å². The third kappa shape index (κ3) is 1.29. The molecule has 0 bridgehead atoms. The first-order valence-corrected chi connectivity index (χ1v) is 2.84. The van der Waals surface area contributed by atoms with Gasteiger partial charge < -0.3 is 11.7 Å². The summed E-state index contributed by atoms with van der Waals surface area (Å²) in [5.74, 6) is -0.00347. The second-order valence-corrected chi connectivity index (χ2v) is 1.82. The topological polar surface area (TPSA) is 29.3 Å².